The molecule has 0 aromatic heterocycles. The Labute approximate surface area is 172 Å². The third-order valence-corrected chi connectivity index (χ3v) is 5.35. The molecule has 0 heterocycles. The molecule has 0 fully saturated rings. The van der Waals surface area contributed by atoms with E-state index in [4.69, 9.17) is 0 Å². The summed E-state index contributed by atoms with van der Waals surface area (Å²) in [5, 5.41) is 2.84. The summed E-state index contributed by atoms with van der Waals surface area (Å²) >= 11 is 0. The molecule has 0 bridgehead atoms. The van der Waals surface area contributed by atoms with Gasteiger partial charge in [0.2, 0.25) is 5.91 Å². The normalized spacial score (nSPS) is 12.8. The second kappa shape index (κ2) is 9.50. The fourth-order valence-electron chi connectivity index (χ4n) is 3.59. The van der Waals surface area contributed by atoms with E-state index in [1.54, 1.807) is 26.2 Å². The van der Waals surface area contributed by atoms with Crippen LogP contribution in [-0.4, -0.2) is 36.6 Å². The first kappa shape index (κ1) is 20.8. The van der Waals surface area contributed by atoms with Gasteiger partial charge in [-0.2, -0.15) is 0 Å². The van der Waals surface area contributed by atoms with E-state index in [1.165, 1.54) is 28.9 Å². The summed E-state index contributed by atoms with van der Waals surface area (Å²) in [6.45, 7) is 0.377. The minimum atomic E-state index is -0.148. The number of carbonyl (C=O) groups is 3. The number of Topliss-reactive ketones (excluding diaryl/α,β-unsaturated/α-hetero) is 1. The predicted octanol–water partition coefficient (Wildman–Crippen LogP) is 3.55. The van der Waals surface area contributed by atoms with Crippen molar-refractivity contribution in [3.05, 3.63) is 70.3 Å². The van der Waals surface area contributed by atoms with Gasteiger partial charge in [-0.1, -0.05) is 24.3 Å². The molecular weight excluding hydrogens is 364 g/mol. The van der Waals surface area contributed by atoms with E-state index in [1.807, 2.05) is 24.3 Å². The highest BCUT2D eigenvalue weighted by Crippen LogP contribution is 2.23. The van der Waals surface area contributed by atoms with Gasteiger partial charge in [-0.25, -0.2) is 0 Å². The van der Waals surface area contributed by atoms with Crippen molar-refractivity contribution >= 4 is 17.6 Å². The Morgan fingerprint density at radius 2 is 1.52 bits per heavy atom. The first-order valence-corrected chi connectivity index (χ1v) is 10.2. The number of benzene rings is 2. The Bertz CT molecular complexity index is 901. The predicted molar refractivity (Wildman–Crippen MR) is 113 cm³/mol. The smallest absolute Gasteiger partial charge is 0.253 e. The molecular formula is C24H28N2O3. The van der Waals surface area contributed by atoms with Crippen LogP contribution < -0.4 is 5.32 Å². The van der Waals surface area contributed by atoms with Crippen molar-refractivity contribution in [1.29, 1.82) is 0 Å². The number of hydrogen-bond acceptors (Lipinski definition) is 3. The van der Waals surface area contributed by atoms with Gasteiger partial charge in [0.25, 0.3) is 5.91 Å². The van der Waals surface area contributed by atoms with Crippen LogP contribution in [0.5, 0.6) is 0 Å². The molecule has 1 aliphatic carbocycles. The van der Waals surface area contributed by atoms with Crippen molar-refractivity contribution in [3.8, 4) is 0 Å². The van der Waals surface area contributed by atoms with Crippen LogP contribution in [-0.2, 0) is 24.2 Å². The van der Waals surface area contributed by atoms with Gasteiger partial charge in [-0.15, -0.1) is 0 Å². The number of carbonyl (C=O) groups excluding carboxylic acids is 3. The molecule has 1 aliphatic rings. The molecule has 29 heavy (non-hydrogen) atoms. The standard InChI is InChI=1S/C24H28N2O3/c1-26(2)24(29)19-9-7-17(8-10-19)16-25-23(28)14-13-22(27)21-12-11-18-5-3-4-6-20(18)15-21/h7-12,15H,3-6,13-14,16H2,1-2H3,(H,25,28). The largest absolute Gasteiger partial charge is 0.352 e. The zero-order chi connectivity index (χ0) is 20.8. The van der Waals surface area contributed by atoms with Crippen LogP contribution in [0.25, 0.3) is 0 Å². The van der Waals surface area contributed by atoms with Crippen LogP contribution in [0.2, 0.25) is 0 Å². The van der Waals surface area contributed by atoms with Gasteiger partial charge in [-0.05, 0) is 60.6 Å². The van der Waals surface area contributed by atoms with Crippen LogP contribution >= 0.6 is 0 Å². The highest BCUT2D eigenvalue weighted by molar-refractivity contribution is 5.98. The van der Waals surface area contributed by atoms with Gasteiger partial charge in [0.15, 0.2) is 5.78 Å². The van der Waals surface area contributed by atoms with E-state index < -0.39 is 0 Å². The lowest BCUT2D eigenvalue weighted by molar-refractivity contribution is -0.121. The van der Waals surface area contributed by atoms with Crippen LogP contribution in [0.1, 0.15) is 63.1 Å². The molecule has 0 saturated heterocycles. The molecule has 0 spiro atoms. The van der Waals surface area contributed by atoms with E-state index in [-0.39, 0.29) is 30.4 Å². The van der Waals surface area contributed by atoms with E-state index in [0.717, 1.165) is 18.4 Å². The van der Waals surface area contributed by atoms with E-state index in [2.05, 4.69) is 11.4 Å². The quantitative estimate of drug-likeness (QED) is 0.733. The zero-order valence-electron chi connectivity index (χ0n) is 17.2. The summed E-state index contributed by atoms with van der Waals surface area (Å²) in [6, 6.07) is 13.1. The highest BCUT2D eigenvalue weighted by Gasteiger charge is 2.14. The highest BCUT2D eigenvalue weighted by atomic mass is 16.2. The maximum Gasteiger partial charge on any atom is 0.253 e. The van der Waals surface area contributed by atoms with E-state index in [0.29, 0.717) is 17.7 Å². The average molecular weight is 392 g/mol. The van der Waals surface area contributed by atoms with Gasteiger partial charge >= 0.3 is 0 Å². The molecule has 2 aromatic carbocycles. The first-order valence-electron chi connectivity index (χ1n) is 10.2. The molecule has 0 aliphatic heterocycles. The number of ketones is 1. The summed E-state index contributed by atoms with van der Waals surface area (Å²) in [5.41, 5.74) is 4.86. The number of fused-ring (bicyclic) bond motifs is 1. The number of nitrogens with one attached hydrogen (secondary N) is 1. The molecule has 5 heteroatoms. The fraction of sp³-hybridized carbons (Fsp3) is 0.375. The Morgan fingerprint density at radius 3 is 2.21 bits per heavy atom. The van der Waals surface area contributed by atoms with E-state index >= 15 is 0 Å². The lowest BCUT2D eigenvalue weighted by Crippen LogP contribution is -2.24. The van der Waals surface area contributed by atoms with Gasteiger partial charge in [0.1, 0.15) is 0 Å². The Hall–Kier alpha value is -2.95. The van der Waals surface area contributed by atoms with Crippen LogP contribution in [0.3, 0.4) is 0 Å². The minimum Gasteiger partial charge on any atom is -0.352 e. The number of rotatable bonds is 7. The summed E-state index contributed by atoms with van der Waals surface area (Å²) < 4.78 is 0. The Morgan fingerprint density at radius 1 is 0.862 bits per heavy atom. The summed E-state index contributed by atoms with van der Waals surface area (Å²) in [4.78, 5) is 38.0. The molecule has 2 aromatic rings. The first-order chi connectivity index (χ1) is 13.9. The third-order valence-electron chi connectivity index (χ3n) is 5.35. The summed E-state index contributed by atoms with van der Waals surface area (Å²) in [5.74, 6) is -0.189. The molecule has 5 nitrogen and oxygen atoms in total. The lowest BCUT2D eigenvalue weighted by atomic mass is 9.89. The molecule has 0 unspecified atom stereocenters. The Balaban J connectivity index is 1.46. The second-order valence-electron chi connectivity index (χ2n) is 7.79. The molecule has 152 valence electrons. The minimum absolute atomic E-state index is 0.0140. The third kappa shape index (κ3) is 5.53. The van der Waals surface area contributed by atoms with E-state index in [9.17, 15) is 14.4 Å². The SMILES string of the molecule is CN(C)C(=O)c1ccc(CNC(=O)CCC(=O)c2ccc3c(c2)CCCC3)cc1. The van der Waals surface area contributed by atoms with Crippen LogP contribution in [0, 0.1) is 0 Å². The second-order valence-corrected chi connectivity index (χ2v) is 7.79. The van der Waals surface area contributed by atoms with Crippen molar-refractivity contribution in [3.63, 3.8) is 0 Å². The van der Waals surface area contributed by atoms with Gasteiger partial charge in [-0.3, -0.25) is 14.4 Å². The van der Waals surface area contributed by atoms with Crippen molar-refractivity contribution < 1.29 is 14.4 Å². The summed E-state index contributed by atoms with van der Waals surface area (Å²) in [6.07, 6.45) is 4.91. The number of aryl methyl sites for hydroxylation is 2. The molecule has 0 saturated carbocycles. The average Bonchev–Trinajstić information content (AvgIpc) is 2.75. The molecule has 1 N–H and O–H groups in total. The van der Waals surface area contributed by atoms with Crippen molar-refractivity contribution in [2.75, 3.05) is 14.1 Å². The molecule has 3 rings (SSSR count). The molecule has 0 atom stereocenters. The van der Waals surface area contributed by atoms with Gasteiger partial charge in [0, 0.05) is 44.6 Å². The van der Waals surface area contributed by atoms with Crippen molar-refractivity contribution in [2.45, 2.75) is 45.1 Å². The van der Waals surface area contributed by atoms with Crippen molar-refractivity contribution in [2.24, 2.45) is 0 Å². The van der Waals surface area contributed by atoms with Crippen LogP contribution in [0.4, 0.5) is 0 Å². The topological polar surface area (TPSA) is 66.5 Å². The Kier molecular flexibility index (Phi) is 6.81. The number of amides is 2. The van der Waals surface area contributed by atoms with Gasteiger partial charge in [0.05, 0.1) is 0 Å². The molecule has 0 radical (unpaired) electrons. The number of nitrogens with zero attached hydrogens (tertiary/aromatic N) is 1. The van der Waals surface area contributed by atoms with Crippen molar-refractivity contribution in [1.82, 2.24) is 10.2 Å². The van der Waals surface area contributed by atoms with Gasteiger partial charge < -0.3 is 10.2 Å². The monoisotopic (exact) mass is 392 g/mol. The maximum atomic E-state index is 12.4. The fourth-order valence-corrected chi connectivity index (χ4v) is 3.59. The lowest BCUT2D eigenvalue weighted by Gasteiger charge is -2.16. The molecule has 2 amide bonds. The van der Waals surface area contributed by atoms with Crippen LogP contribution in [0.15, 0.2) is 42.5 Å². The number of hydrogen-bond donors (Lipinski definition) is 1. The maximum absolute atomic E-state index is 12.4. The summed E-state index contributed by atoms with van der Waals surface area (Å²) in [7, 11) is 3.42. The zero-order valence-corrected chi connectivity index (χ0v) is 17.2.